The first-order valence-electron chi connectivity index (χ1n) is 6.73. The minimum absolute atomic E-state index is 0.0246. The highest BCUT2D eigenvalue weighted by Crippen LogP contribution is 2.28. The van der Waals surface area contributed by atoms with Gasteiger partial charge >= 0.3 is 5.97 Å². The molecule has 1 saturated carbocycles. The van der Waals surface area contributed by atoms with Crippen LogP contribution in [0.5, 0.6) is 0 Å². The Bertz CT molecular complexity index is 515. The van der Waals surface area contributed by atoms with Crippen LogP contribution in [0.4, 0.5) is 0 Å². The second kappa shape index (κ2) is 5.52. The fraction of sp³-hybridized carbons (Fsp3) is 0.643. The average Bonchev–Trinajstić information content (AvgIpc) is 3.04. The molecule has 6 heteroatoms. The molecule has 0 bridgehead atoms. The molecule has 1 aromatic rings. The van der Waals surface area contributed by atoms with Crippen molar-refractivity contribution < 1.29 is 14.7 Å². The van der Waals surface area contributed by atoms with Crippen molar-refractivity contribution in [3.8, 4) is 0 Å². The van der Waals surface area contributed by atoms with Crippen LogP contribution in [0.2, 0.25) is 0 Å². The van der Waals surface area contributed by atoms with Gasteiger partial charge in [0, 0.05) is 16.8 Å². The van der Waals surface area contributed by atoms with Crippen molar-refractivity contribution in [3.63, 3.8) is 0 Å². The van der Waals surface area contributed by atoms with Crippen molar-refractivity contribution in [2.45, 2.75) is 51.5 Å². The van der Waals surface area contributed by atoms with E-state index < -0.39 is 5.97 Å². The molecular weight excluding hydrogens is 276 g/mol. The Morgan fingerprint density at radius 1 is 1.45 bits per heavy atom. The number of nitrogens with zero attached hydrogens (tertiary/aromatic N) is 2. The van der Waals surface area contributed by atoms with Gasteiger partial charge in [0.1, 0.15) is 6.54 Å². The monoisotopic (exact) mass is 296 g/mol. The summed E-state index contributed by atoms with van der Waals surface area (Å²) in [5.41, 5.74) is 0.712. The zero-order valence-corrected chi connectivity index (χ0v) is 12.9. The van der Waals surface area contributed by atoms with E-state index in [1.807, 2.05) is 5.38 Å². The molecule has 1 N–H and O–H groups in total. The second-order valence-corrected chi connectivity index (χ2v) is 7.08. The number of thiazole rings is 1. The summed E-state index contributed by atoms with van der Waals surface area (Å²) in [5.74, 6) is -1.10. The number of carbonyl (C=O) groups excluding carboxylic acids is 1. The third-order valence-corrected chi connectivity index (χ3v) is 4.46. The van der Waals surface area contributed by atoms with Crippen molar-refractivity contribution >= 4 is 23.2 Å². The van der Waals surface area contributed by atoms with E-state index in [2.05, 4.69) is 25.8 Å². The summed E-state index contributed by atoms with van der Waals surface area (Å²) in [5, 5.41) is 11.8. The van der Waals surface area contributed by atoms with Crippen LogP contribution in [0.25, 0.3) is 0 Å². The van der Waals surface area contributed by atoms with E-state index in [0.717, 1.165) is 23.5 Å². The Hall–Kier alpha value is -1.43. The van der Waals surface area contributed by atoms with Gasteiger partial charge in [-0.25, -0.2) is 4.98 Å². The van der Waals surface area contributed by atoms with Gasteiger partial charge < -0.3 is 10.0 Å². The van der Waals surface area contributed by atoms with Crippen LogP contribution in [-0.2, 0) is 21.4 Å². The van der Waals surface area contributed by atoms with Gasteiger partial charge in [0.2, 0.25) is 5.91 Å². The normalized spacial score (nSPS) is 15.2. The molecule has 5 nitrogen and oxygen atoms in total. The van der Waals surface area contributed by atoms with Crippen LogP contribution >= 0.6 is 11.3 Å². The summed E-state index contributed by atoms with van der Waals surface area (Å²) in [4.78, 5) is 29.0. The van der Waals surface area contributed by atoms with Crippen molar-refractivity contribution in [1.29, 1.82) is 0 Å². The van der Waals surface area contributed by atoms with Gasteiger partial charge in [-0.2, -0.15) is 0 Å². The molecule has 1 aliphatic carbocycles. The third-order valence-electron chi connectivity index (χ3n) is 3.14. The third kappa shape index (κ3) is 3.79. The van der Waals surface area contributed by atoms with Gasteiger partial charge in [-0.1, -0.05) is 20.8 Å². The predicted molar refractivity (Wildman–Crippen MR) is 76.9 cm³/mol. The van der Waals surface area contributed by atoms with E-state index in [9.17, 15) is 9.59 Å². The van der Waals surface area contributed by atoms with Crippen LogP contribution in [0.15, 0.2) is 5.38 Å². The zero-order valence-electron chi connectivity index (χ0n) is 12.0. The molecule has 1 amide bonds. The quantitative estimate of drug-likeness (QED) is 0.903. The number of carboxylic acids is 1. The van der Waals surface area contributed by atoms with Crippen LogP contribution in [-0.4, -0.2) is 39.5 Å². The minimum Gasteiger partial charge on any atom is -0.480 e. The van der Waals surface area contributed by atoms with E-state index in [1.54, 1.807) is 11.3 Å². The maximum atomic E-state index is 12.2. The first kappa shape index (κ1) is 15.0. The van der Waals surface area contributed by atoms with E-state index in [0.29, 0.717) is 0 Å². The molecule has 110 valence electrons. The highest BCUT2D eigenvalue weighted by atomic mass is 32.1. The fourth-order valence-electron chi connectivity index (χ4n) is 1.94. The lowest BCUT2D eigenvalue weighted by molar-refractivity contribution is -0.144. The smallest absolute Gasteiger partial charge is 0.323 e. The molecule has 0 unspecified atom stereocenters. The first-order valence-corrected chi connectivity index (χ1v) is 7.61. The Labute approximate surface area is 122 Å². The zero-order chi connectivity index (χ0) is 14.9. The molecule has 0 aliphatic heterocycles. The highest BCUT2D eigenvalue weighted by Gasteiger charge is 2.34. The van der Waals surface area contributed by atoms with Gasteiger partial charge in [-0.15, -0.1) is 11.3 Å². The van der Waals surface area contributed by atoms with E-state index in [1.165, 1.54) is 4.90 Å². The van der Waals surface area contributed by atoms with Crippen LogP contribution in [0.3, 0.4) is 0 Å². The number of aromatic nitrogens is 1. The van der Waals surface area contributed by atoms with Crippen molar-refractivity contribution in [2.24, 2.45) is 0 Å². The molecule has 2 rings (SSSR count). The topological polar surface area (TPSA) is 70.5 Å². The molecule has 0 radical (unpaired) electrons. The molecule has 1 aromatic heterocycles. The van der Waals surface area contributed by atoms with Crippen LogP contribution < -0.4 is 0 Å². The number of carboxylic acid groups (broad SMARTS) is 1. The SMILES string of the molecule is CC(C)(C)c1nc(CC(=O)N(CC(=O)O)C2CC2)cs1. The number of amides is 1. The number of aliphatic carboxylic acids is 1. The molecule has 1 heterocycles. The van der Waals surface area contributed by atoms with Gasteiger partial charge in [0.15, 0.2) is 0 Å². The standard InChI is InChI=1S/C14H20N2O3S/c1-14(2,3)13-15-9(8-20-13)6-11(17)16(7-12(18)19)10-4-5-10/h8,10H,4-7H2,1-3H3,(H,18,19). The lowest BCUT2D eigenvalue weighted by Gasteiger charge is -2.19. The maximum Gasteiger partial charge on any atom is 0.323 e. The average molecular weight is 296 g/mol. The molecule has 20 heavy (non-hydrogen) atoms. The van der Waals surface area contributed by atoms with Crippen molar-refractivity contribution in [3.05, 3.63) is 16.1 Å². The highest BCUT2D eigenvalue weighted by molar-refractivity contribution is 7.09. The number of hydrogen-bond donors (Lipinski definition) is 1. The van der Waals surface area contributed by atoms with Gasteiger partial charge in [0.05, 0.1) is 17.1 Å². The maximum absolute atomic E-state index is 12.2. The largest absolute Gasteiger partial charge is 0.480 e. The Morgan fingerprint density at radius 3 is 2.55 bits per heavy atom. The fourth-order valence-corrected chi connectivity index (χ4v) is 2.85. The summed E-state index contributed by atoms with van der Waals surface area (Å²) in [6.45, 7) is 6.04. The predicted octanol–water partition coefficient (Wildman–Crippen LogP) is 2.06. The summed E-state index contributed by atoms with van der Waals surface area (Å²) < 4.78 is 0. The molecule has 0 aromatic carbocycles. The van der Waals surface area contributed by atoms with Gasteiger partial charge in [0.25, 0.3) is 0 Å². The molecule has 0 atom stereocenters. The molecular formula is C14H20N2O3S. The van der Waals surface area contributed by atoms with Crippen molar-refractivity contribution in [1.82, 2.24) is 9.88 Å². The lowest BCUT2D eigenvalue weighted by atomic mass is 9.98. The molecule has 0 saturated heterocycles. The minimum atomic E-state index is -0.959. The summed E-state index contributed by atoms with van der Waals surface area (Å²) >= 11 is 1.55. The molecule has 0 spiro atoms. The van der Waals surface area contributed by atoms with Crippen molar-refractivity contribution in [2.75, 3.05) is 6.54 Å². The van der Waals surface area contributed by atoms with Gasteiger partial charge in [-0.05, 0) is 12.8 Å². The number of carbonyl (C=O) groups is 2. The summed E-state index contributed by atoms with van der Waals surface area (Å²) in [6.07, 6.45) is 2.00. The Balaban J connectivity index is 2.02. The van der Waals surface area contributed by atoms with Gasteiger partial charge in [-0.3, -0.25) is 9.59 Å². The van der Waals surface area contributed by atoms with E-state index >= 15 is 0 Å². The number of rotatable bonds is 5. The van der Waals surface area contributed by atoms with Crippen LogP contribution in [0.1, 0.15) is 44.3 Å². The molecule has 1 fully saturated rings. The van der Waals surface area contributed by atoms with E-state index in [4.69, 9.17) is 5.11 Å². The van der Waals surface area contributed by atoms with E-state index in [-0.39, 0.29) is 30.3 Å². The number of hydrogen-bond acceptors (Lipinski definition) is 4. The summed E-state index contributed by atoms with van der Waals surface area (Å²) in [6, 6.07) is 0.110. The lowest BCUT2D eigenvalue weighted by Crippen LogP contribution is -2.38. The Kier molecular flexibility index (Phi) is 4.13. The van der Waals surface area contributed by atoms with Crippen LogP contribution in [0, 0.1) is 0 Å². The Morgan fingerprint density at radius 2 is 2.10 bits per heavy atom. The second-order valence-electron chi connectivity index (χ2n) is 6.22. The first-order chi connectivity index (χ1) is 9.27. The summed E-state index contributed by atoms with van der Waals surface area (Å²) in [7, 11) is 0. The molecule has 1 aliphatic rings.